The number of fused-ring (bicyclic) bond motifs is 1. The standard InChI is InChI=1S/C17H23BN5O5P/c1-11-7-26-29(18,25)27-8-13(24)17(28-11)23-10-21-14-15(19-9-20-16(14)23)22-12-5-3-2-4-6-12/h2-6,9-11,13,17,24-25,29H,7-8,18H2,1H3,(H,19,20,22)/t11-,13-,17+/m0/s1. The summed E-state index contributed by atoms with van der Waals surface area (Å²) < 4.78 is 18.5. The zero-order valence-corrected chi connectivity index (χ0v) is 17.1. The van der Waals surface area contributed by atoms with Gasteiger partial charge in [0.05, 0.1) is 0 Å². The zero-order valence-electron chi connectivity index (χ0n) is 16.1. The van der Waals surface area contributed by atoms with E-state index in [1.54, 1.807) is 17.8 Å². The average Bonchev–Trinajstić information content (AvgIpc) is 3.15. The van der Waals surface area contributed by atoms with Gasteiger partial charge in [0, 0.05) is 0 Å². The number of hydrogen-bond donors (Lipinski definition) is 3. The normalized spacial score (nSPS) is 26.2. The predicted molar refractivity (Wildman–Crippen MR) is 112 cm³/mol. The minimum atomic E-state index is -3.31. The molecule has 0 aliphatic carbocycles. The van der Waals surface area contributed by atoms with Gasteiger partial charge in [-0.3, -0.25) is 0 Å². The van der Waals surface area contributed by atoms with E-state index in [4.69, 9.17) is 13.8 Å². The number of para-hydroxylation sites is 1. The van der Waals surface area contributed by atoms with Crippen LogP contribution in [0.1, 0.15) is 13.2 Å². The van der Waals surface area contributed by atoms with Crippen molar-refractivity contribution in [2.45, 2.75) is 25.4 Å². The molecule has 12 heteroatoms. The molecular formula is C17H23BN5O5P. The topological polar surface area (TPSA) is 124 Å². The Morgan fingerprint density at radius 2 is 1.93 bits per heavy atom. The fourth-order valence-corrected chi connectivity index (χ4v) is 4.15. The van der Waals surface area contributed by atoms with E-state index in [0.29, 0.717) is 17.0 Å². The van der Waals surface area contributed by atoms with E-state index in [1.807, 2.05) is 30.3 Å². The van der Waals surface area contributed by atoms with Gasteiger partial charge in [-0.15, -0.1) is 0 Å². The number of nitrogens with zero attached hydrogens (tertiary/aromatic N) is 4. The van der Waals surface area contributed by atoms with Crippen molar-refractivity contribution in [3.8, 4) is 0 Å². The second kappa shape index (κ2) is 8.31. The SMILES string of the molecule is B[PH]1(O)OC[C@H](C)O[C@@H](n2cnc3c(Nc4ccccc4)ncnc32)[C@@H](O)CO1. The van der Waals surface area contributed by atoms with Gasteiger partial charge in [0.15, 0.2) is 0 Å². The number of aromatic nitrogens is 4. The van der Waals surface area contributed by atoms with Crippen LogP contribution < -0.4 is 5.32 Å². The number of rotatable bonds is 3. The van der Waals surface area contributed by atoms with Gasteiger partial charge in [0.2, 0.25) is 0 Å². The molecule has 1 aliphatic heterocycles. The van der Waals surface area contributed by atoms with Gasteiger partial charge in [-0.2, -0.15) is 0 Å². The van der Waals surface area contributed by atoms with Crippen molar-refractivity contribution in [3.63, 3.8) is 0 Å². The molecule has 1 aliphatic rings. The summed E-state index contributed by atoms with van der Waals surface area (Å²) in [4.78, 5) is 23.2. The van der Waals surface area contributed by atoms with Crippen molar-refractivity contribution in [2.24, 2.45) is 0 Å². The number of anilines is 2. The summed E-state index contributed by atoms with van der Waals surface area (Å²) in [7, 11) is -1.80. The molecule has 0 spiro atoms. The van der Waals surface area contributed by atoms with Gasteiger partial charge in [-0.1, -0.05) is 6.07 Å². The van der Waals surface area contributed by atoms with Crippen LogP contribution in [0.25, 0.3) is 11.2 Å². The van der Waals surface area contributed by atoms with Crippen LogP contribution in [0.5, 0.6) is 0 Å². The van der Waals surface area contributed by atoms with Crippen molar-refractivity contribution in [1.29, 1.82) is 0 Å². The van der Waals surface area contributed by atoms with Gasteiger partial charge in [0.1, 0.15) is 0 Å². The third-order valence-corrected chi connectivity index (χ3v) is 5.88. The first kappa shape index (κ1) is 20.2. The van der Waals surface area contributed by atoms with Gasteiger partial charge in [-0.25, -0.2) is 0 Å². The van der Waals surface area contributed by atoms with E-state index in [2.05, 4.69) is 20.3 Å². The Labute approximate surface area is 168 Å². The molecule has 0 bridgehead atoms. The summed E-state index contributed by atoms with van der Waals surface area (Å²) in [5.74, 6) is 0.542. The summed E-state index contributed by atoms with van der Waals surface area (Å²) in [6.07, 6.45) is 0.701. The van der Waals surface area contributed by atoms with E-state index >= 15 is 0 Å². The molecular weight excluding hydrogens is 396 g/mol. The number of ether oxygens (including phenoxy) is 1. The maximum atomic E-state index is 10.7. The van der Waals surface area contributed by atoms with Gasteiger partial charge in [0.25, 0.3) is 0 Å². The fourth-order valence-electron chi connectivity index (χ4n) is 3.04. The van der Waals surface area contributed by atoms with Crippen LogP contribution in [0, 0.1) is 0 Å². The summed E-state index contributed by atoms with van der Waals surface area (Å²) in [5, 5.41) is 13.9. The Kier molecular flexibility index (Phi) is 5.77. The molecule has 0 radical (unpaired) electrons. The molecule has 1 aromatic carbocycles. The molecule has 2 aromatic heterocycles. The summed E-state index contributed by atoms with van der Waals surface area (Å²) in [6, 6.07) is 9.61. The summed E-state index contributed by atoms with van der Waals surface area (Å²) in [5.41, 5.74) is 1.91. The second-order valence-electron chi connectivity index (χ2n) is 6.96. The minimum absolute atomic E-state index is 0.142. The molecule has 0 unspecified atom stereocenters. The Bertz CT molecular complexity index is 975. The molecule has 0 amide bonds. The van der Waals surface area contributed by atoms with E-state index in [9.17, 15) is 10.00 Å². The second-order valence-corrected chi connectivity index (χ2v) is 9.33. The third-order valence-electron chi connectivity index (χ3n) is 4.48. The molecule has 10 nitrogen and oxygen atoms in total. The van der Waals surface area contributed by atoms with Crippen molar-refractivity contribution >= 4 is 38.1 Å². The third kappa shape index (κ3) is 4.56. The maximum absolute atomic E-state index is 10.7. The molecule has 3 heterocycles. The van der Waals surface area contributed by atoms with Crippen molar-refractivity contribution in [2.75, 3.05) is 18.5 Å². The molecule has 0 saturated carbocycles. The number of aliphatic hydroxyl groups is 1. The number of benzene rings is 1. The van der Waals surface area contributed by atoms with Crippen LogP contribution in [-0.4, -0.2) is 62.5 Å². The van der Waals surface area contributed by atoms with E-state index < -0.39 is 26.3 Å². The summed E-state index contributed by atoms with van der Waals surface area (Å²) in [6.45, 7) is 1.80. The van der Waals surface area contributed by atoms with E-state index in [1.165, 1.54) is 13.9 Å². The van der Waals surface area contributed by atoms with Crippen molar-refractivity contribution in [3.05, 3.63) is 43.0 Å². The first-order chi connectivity index (χ1) is 13.9. The zero-order chi connectivity index (χ0) is 20.4. The first-order valence-electron chi connectivity index (χ1n) is 9.26. The van der Waals surface area contributed by atoms with E-state index in [-0.39, 0.29) is 13.2 Å². The van der Waals surface area contributed by atoms with Crippen LogP contribution in [0.15, 0.2) is 43.0 Å². The van der Waals surface area contributed by atoms with Crippen LogP contribution in [-0.2, 0) is 13.8 Å². The van der Waals surface area contributed by atoms with Crippen LogP contribution >= 0.6 is 7.82 Å². The van der Waals surface area contributed by atoms with Crippen molar-refractivity contribution in [1.82, 2.24) is 19.5 Å². The van der Waals surface area contributed by atoms with E-state index in [0.717, 1.165) is 5.69 Å². The molecule has 3 N–H and O–H groups in total. The van der Waals surface area contributed by atoms with Gasteiger partial charge in [-0.05, 0) is 0 Å². The Morgan fingerprint density at radius 3 is 2.72 bits per heavy atom. The Hall–Kier alpha value is -2.14. The van der Waals surface area contributed by atoms with Crippen molar-refractivity contribution < 1.29 is 23.8 Å². The molecule has 1 fully saturated rings. The molecule has 3 atom stereocenters. The van der Waals surface area contributed by atoms with Crippen LogP contribution in [0.3, 0.4) is 0 Å². The van der Waals surface area contributed by atoms with Crippen LogP contribution in [0.2, 0.25) is 0 Å². The Morgan fingerprint density at radius 1 is 1.17 bits per heavy atom. The number of imidazole rings is 1. The number of nitrogens with one attached hydrogen (secondary N) is 1. The quantitative estimate of drug-likeness (QED) is 0.420. The Balaban J connectivity index is 1.67. The van der Waals surface area contributed by atoms with Crippen LogP contribution in [0.4, 0.5) is 11.5 Å². The first-order valence-corrected chi connectivity index (χ1v) is 11.5. The fraction of sp³-hybridized carbons (Fsp3) is 0.353. The number of hydrogen-bond acceptors (Lipinski definition) is 9. The molecule has 1 saturated heterocycles. The predicted octanol–water partition coefficient (Wildman–Crippen LogP) is 0.917. The molecule has 3 aromatic rings. The monoisotopic (exact) mass is 419 g/mol. The average molecular weight is 419 g/mol. The molecule has 154 valence electrons. The molecule has 4 rings (SSSR count). The molecule has 29 heavy (non-hydrogen) atoms. The summed E-state index contributed by atoms with van der Waals surface area (Å²) >= 11 is 0. The van der Waals surface area contributed by atoms with Gasteiger partial charge < -0.3 is 0 Å². The number of aliphatic hydroxyl groups excluding tert-OH is 1. The van der Waals surface area contributed by atoms with Gasteiger partial charge >= 0.3 is 162 Å².